The highest BCUT2D eigenvalue weighted by atomic mass is 16.6. The van der Waals surface area contributed by atoms with E-state index in [-0.39, 0.29) is 143 Å². The Hall–Kier alpha value is -7.95. The Balaban J connectivity index is 0. The lowest BCUT2D eigenvalue weighted by molar-refractivity contribution is -0.155. The average Bonchev–Trinajstić information content (AvgIpc) is 0.785. The molecule has 3 aromatic rings. The number of nitrogens with one attached hydrogen (secondary N) is 4. The van der Waals surface area contributed by atoms with Gasteiger partial charge in [0.25, 0.3) is 0 Å². The standard InChI is InChI=1S/2C12H21N3O3.C11H23N3O2.C11H22N2O3.C10H16O2.C9H15N3O3/c1-7(2)13-10-14(8(3)4)11(16)15(9(5)6)12(17)18-10;1-7(2)13-10(16)14(8(3)4)12(18)15(9(5)6)11(13)17;1-7(2)12-10(15)14(9(5)6)11(16)13-8(3)4;1-7(2)12-10(14)13(8(3)4)11(15)16-9(5)6;1-5(2)7-9(11)8(6(3)4)10(7)12;1-5(2)11-7(10)15-9(14)12(6(3)4)8(11)13/h2*7-9H,1-6H3;7-9H,1-6H3,(H,12,15)(H,13,16);7-9H,1-6H3,(H,12,14);5-8H,1-4H3;5-6,10H,1-4H3. The number of ketones is 2. The monoisotopic (exact) mass is 1350 g/mol. The van der Waals surface area contributed by atoms with Crippen LogP contribution in [0.3, 0.4) is 0 Å². The molecule has 0 atom stereocenters. The van der Waals surface area contributed by atoms with Crippen LogP contribution in [0.15, 0.2) is 47.4 Å². The van der Waals surface area contributed by atoms with Crippen LogP contribution in [0.1, 0.15) is 264 Å². The number of nitrogens with zero attached hydrogens (tertiary/aromatic N) is 10. The van der Waals surface area contributed by atoms with E-state index in [1.54, 1.807) is 125 Å². The molecule has 7 amide bonds. The van der Waals surface area contributed by atoms with Crippen molar-refractivity contribution in [1.82, 2.24) is 57.7 Å². The maximum Gasteiger partial charge on any atom is 0.426 e. The maximum atomic E-state index is 12.3. The first-order chi connectivity index (χ1) is 43.3. The van der Waals surface area contributed by atoms with Gasteiger partial charge in [-0.3, -0.25) is 15.0 Å². The summed E-state index contributed by atoms with van der Waals surface area (Å²) >= 11 is 0. The van der Waals surface area contributed by atoms with Crippen molar-refractivity contribution in [3.63, 3.8) is 0 Å². The molecule has 1 aliphatic rings. The van der Waals surface area contributed by atoms with E-state index in [9.17, 15) is 62.3 Å². The summed E-state index contributed by atoms with van der Waals surface area (Å²) in [7, 11) is 0. The summed E-state index contributed by atoms with van der Waals surface area (Å²) in [5.74, 6) is -1.35. The number of imide groups is 2. The van der Waals surface area contributed by atoms with Crippen molar-refractivity contribution in [3.8, 4) is 0 Å². The van der Waals surface area contributed by atoms with E-state index in [2.05, 4.69) is 25.4 Å². The largest absolute Gasteiger partial charge is 0.446 e. The van der Waals surface area contributed by atoms with Gasteiger partial charge in [-0.2, -0.15) is 0 Å². The summed E-state index contributed by atoms with van der Waals surface area (Å²) in [6.07, 6.45) is -0.844. The van der Waals surface area contributed by atoms with Gasteiger partial charge in [0.05, 0.1) is 17.9 Å². The fraction of sp³-hybridized carbons (Fsp3) is 0.769. The number of carbonyl (C=O) groups is 6. The molecule has 3 aromatic heterocycles. The van der Waals surface area contributed by atoms with E-state index in [0.717, 1.165) is 32.3 Å². The van der Waals surface area contributed by atoms with Crippen LogP contribution in [0.5, 0.6) is 0 Å². The van der Waals surface area contributed by atoms with Crippen LogP contribution in [0.25, 0.3) is 0 Å². The van der Waals surface area contributed by atoms with Gasteiger partial charge in [0.1, 0.15) is 0 Å². The van der Waals surface area contributed by atoms with Crippen molar-refractivity contribution < 1.29 is 42.3 Å². The second kappa shape index (κ2) is 39.8. The van der Waals surface area contributed by atoms with Gasteiger partial charge in [-0.05, 0) is 206 Å². The summed E-state index contributed by atoms with van der Waals surface area (Å²) in [4.78, 5) is 160. The molecule has 0 unspecified atom stereocenters. The second-order valence-corrected chi connectivity index (χ2v) is 27.6. The molecule has 0 saturated heterocycles. The third kappa shape index (κ3) is 26.3. The molecule has 4 rings (SSSR count). The molecule has 0 spiro atoms. The normalized spacial score (nSPS) is 13.9. The number of hydrogen-bond donors (Lipinski definition) is 4. The van der Waals surface area contributed by atoms with E-state index in [1.165, 1.54) is 9.47 Å². The highest BCUT2D eigenvalue weighted by Gasteiger charge is 2.51. The predicted octanol–water partition coefficient (Wildman–Crippen LogP) is 8.21. The van der Waals surface area contributed by atoms with Crippen LogP contribution in [0.4, 0.5) is 19.2 Å². The Morgan fingerprint density at radius 1 is 0.389 bits per heavy atom. The number of Topliss-reactive ketones (excluding diaryl/α,β-unsaturated/α-hetero) is 2. The number of urea groups is 3. The summed E-state index contributed by atoms with van der Waals surface area (Å²) in [6, 6.07) is -3.25. The maximum absolute atomic E-state index is 12.3. The van der Waals surface area contributed by atoms with Crippen molar-refractivity contribution >= 4 is 35.8 Å². The molecule has 1 saturated carbocycles. The minimum absolute atomic E-state index is 0.0133. The minimum atomic E-state index is -0.781. The van der Waals surface area contributed by atoms with Crippen LogP contribution in [-0.2, 0) is 14.3 Å². The lowest BCUT2D eigenvalue weighted by atomic mass is 9.63. The zero-order valence-corrected chi connectivity index (χ0v) is 62.9. The highest BCUT2D eigenvalue weighted by molar-refractivity contribution is 6.24. The number of amides is 7. The van der Waals surface area contributed by atoms with Crippen molar-refractivity contribution in [2.45, 2.75) is 306 Å². The number of rotatable bonds is 16. The SMILES string of the molecule is CC(C)C1C(=O)C(C(C)C)C1=O.CC(C)N=c1oc(=O)n(C(C)C)c(=O)n1C(C)C.CC(C)NC(=O)N(C(=O)NC(C)C)C(C)C.CC(C)NC(=O)N(C(=O)OC(C)C)C(C)C.CC(C)n1c(=N)oc(=O)n(C(C)C)c1=O.CC(C)n1c(=O)n(C(C)C)c(=O)n(C(C)C)c1=O. The summed E-state index contributed by atoms with van der Waals surface area (Å²) in [5, 5.41) is 15.5. The van der Waals surface area contributed by atoms with Crippen LogP contribution < -0.4 is 67.3 Å². The van der Waals surface area contributed by atoms with Crippen molar-refractivity contribution in [3.05, 3.63) is 84.9 Å². The summed E-state index contributed by atoms with van der Waals surface area (Å²) < 4.78 is 22.9. The third-order valence-electron chi connectivity index (χ3n) is 13.2. The Labute approximate surface area is 559 Å². The van der Waals surface area contributed by atoms with Crippen molar-refractivity contribution in [2.24, 2.45) is 28.7 Å². The first kappa shape index (κ1) is 89.1. The molecule has 0 bridgehead atoms. The van der Waals surface area contributed by atoms with Crippen LogP contribution in [0.2, 0.25) is 0 Å². The molecule has 3 heterocycles. The molecule has 1 aliphatic carbocycles. The van der Waals surface area contributed by atoms with E-state index >= 15 is 0 Å². The number of aromatic nitrogens is 7. The highest BCUT2D eigenvalue weighted by Crippen LogP contribution is 2.35. The second-order valence-electron chi connectivity index (χ2n) is 27.6. The molecule has 0 radical (unpaired) electrons. The molecule has 4 N–H and O–H groups in total. The quantitative estimate of drug-likeness (QED) is 0.0981. The Kier molecular flexibility index (Phi) is 37.3. The number of carbonyl (C=O) groups excluding carboxylic acids is 6. The third-order valence-corrected chi connectivity index (χ3v) is 13.2. The Morgan fingerprint density at radius 3 is 0.895 bits per heavy atom. The lowest BCUT2D eigenvalue weighted by Gasteiger charge is -2.36. The fourth-order valence-electron chi connectivity index (χ4n) is 9.09. The number of ether oxygens (including phenoxy) is 1. The van der Waals surface area contributed by atoms with Gasteiger partial charge in [-0.1, -0.05) is 27.7 Å². The molecular formula is C65H118N14O16. The molecule has 30 nitrogen and oxygen atoms in total. The van der Waals surface area contributed by atoms with E-state index in [0.29, 0.717) is 0 Å². The first-order valence-electron chi connectivity index (χ1n) is 32.9. The van der Waals surface area contributed by atoms with E-state index in [1.807, 2.05) is 96.9 Å². The topological polar surface area (TPSA) is 371 Å². The lowest BCUT2D eigenvalue weighted by Crippen LogP contribution is -2.55. The molecule has 95 heavy (non-hydrogen) atoms. The van der Waals surface area contributed by atoms with Gasteiger partial charge >= 0.3 is 75.5 Å². The van der Waals surface area contributed by atoms with Crippen LogP contribution in [-0.4, -0.2) is 120 Å². The molecule has 0 aromatic carbocycles. The van der Waals surface area contributed by atoms with Gasteiger partial charge in [0.15, 0.2) is 11.6 Å². The zero-order valence-electron chi connectivity index (χ0n) is 62.9. The Bertz CT molecular complexity index is 3300. The van der Waals surface area contributed by atoms with Crippen molar-refractivity contribution in [1.29, 1.82) is 5.41 Å². The smallest absolute Gasteiger partial charge is 0.426 e. The predicted molar refractivity (Wildman–Crippen MR) is 366 cm³/mol. The molecular weight excluding hydrogens is 1230 g/mol. The van der Waals surface area contributed by atoms with Gasteiger partial charge in [0.2, 0.25) is 0 Å². The molecule has 0 aliphatic heterocycles. The van der Waals surface area contributed by atoms with E-state index < -0.39 is 52.1 Å². The van der Waals surface area contributed by atoms with E-state index in [4.69, 9.17) is 14.6 Å². The molecule has 30 heteroatoms. The van der Waals surface area contributed by atoms with Gasteiger partial charge < -0.3 is 29.5 Å². The first-order valence-corrected chi connectivity index (χ1v) is 32.9. The van der Waals surface area contributed by atoms with Crippen LogP contribution >= 0.6 is 0 Å². The van der Waals surface area contributed by atoms with Gasteiger partial charge in [-0.15, -0.1) is 0 Å². The summed E-state index contributed by atoms with van der Waals surface area (Å²) in [5.41, 5.74) is -2.80. The average molecular weight is 1350 g/mol. The molecule has 544 valence electrons. The fourth-order valence-corrected chi connectivity index (χ4v) is 9.09. The summed E-state index contributed by atoms with van der Waals surface area (Å²) in [6.45, 7) is 57.9. The minimum Gasteiger partial charge on any atom is -0.446 e. The van der Waals surface area contributed by atoms with Gasteiger partial charge in [0, 0.05) is 78.5 Å². The van der Waals surface area contributed by atoms with Crippen molar-refractivity contribution in [2.75, 3.05) is 0 Å². The Morgan fingerprint density at radius 2 is 0.653 bits per heavy atom. The van der Waals surface area contributed by atoms with Crippen LogP contribution in [0, 0.1) is 29.1 Å². The zero-order chi connectivity index (χ0) is 75.2. The number of hydrogen-bond acceptors (Lipinski definition) is 18. The van der Waals surface area contributed by atoms with Gasteiger partial charge in [-0.25, -0.2) is 99.5 Å². The molecule has 1 fully saturated rings.